The third-order valence-corrected chi connectivity index (χ3v) is 6.01. The minimum atomic E-state index is 0.0917. The zero-order chi connectivity index (χ0) is 20.0. The van der Waals surface area contributed by atoms with Crippen LogP contribution in [-0.2, 0) is 6.54 Å². The molecule has 1 saturated heterocycles. The number of aromatic amines is 1. The van der Waals surface area contributed by atoms with Gasteiger partial charge in [-0.3, -0.25) is 9.78 Å². The molecule has 1 aliphatic heterocycles. The van der Waals surface area contributed by atoms with Gasteiger partial charge in [0.1, 0.15) is 11.3 Å². The Morgan fingerprint density at radius 2 is 1.93 bits per heavy atom. The van der Waals surface area contributed by atoms with Gasteiger partial charge < -0.3 is 14.5 Å². The molecule has 0 radical (unpaired) electrons. The van der Waals surface area contributed by atoms with E-state index in [2.05, 4.69) is 37.5 Å². The van der Waals surface area contributed by atoms with Crippen LogP contribution >= 0.6 is 0 Å². The van der Waals surface area contributed by atoms with Gasteiger partial charge in [0.05, 0.1) is 11.0 Å². The number of nitrogens with one attached hydrogen (secondary N) is 1. The fourth-order valence-corrected chi connectivity index (χ4v) is 4.45. The Balaban J connectivity index is 1.31. The Hall–Kier alpha value is -3.22. The normalized spacial score (nSPS) is 15.4. The Labute approximate surface area is 168 Å². The number of H-pyrrole nitrogens is 1. The minimum absolute atomic E-state index is 0.0917. The lowest BCUT2D eigenvalue weighted by atomic mass is 9.93. The molecular weight excluding hydrogens is 364 g/mol. The first kappa shape index (κ1) is 17.8. The van der Waals surface area contributed by atoms with Crippen LogP contribution in [0, 0.1) is 6.92 Å². The van der Waals surface area contributed by atoms with Crippen molar-refractivity contribution in [1.29, 1.82) is 0 Å². The lowest BCUT2D eigenvalue weighted by Crippen LogP contribution is -2.38. The van der Waals surface area contributed by atoms with Crippen LogP contribution in [0.2, 0.25) is 0 Å². The Kier molecular flexibility index (Phi) is 4.30. The number of imidazole rings is 1. The van der Waals surface area contributed by atoms with E-state index >= 15 is 0 Å². The van der Waals surface area contributed by atoms with Crippen LogP contribution in [0.3, 0.4) is 0 Å². The predicted molar refractivity (Wildman–Crippen MR) is 112 cm³/mol. The lowest BCUT2D eigenvalue weighted by molar-refractivity contribution is 0.0712. The maximum atomic E-state index is 13.1. The Bertz CT molecular complexity index is 1170. The Morgan fingerprint density at radius 3 is 2.69 bits per heavy atom. The summed E-state index contributed by atoms with van der Waals surface area (Å²) in [6, 6.07) is 7.96. The van der Waals surface area contributed by atoms with E-state index in [9.17, 15) is 4.79 Å². The van der Waals surface area contributed by atoms with Gasteiger partial charge in [-0.05, 0) is 51.0 Å². The number of benzene rings is 1. The molecule has 5 rings (SSSR count). The molecule has 0 unspecified atom stereocenters. The molecule has 4 heterocycles. The van der Waals surface area contributed by atoms with E-state index in [0.717, 1.165) is 66.1 Å². The van der Waals surface area contributed by atoms with E-state index in [1.54, 1.807) is 12.4 Å². The second kappa shape index (κ2) is 6.99. The molecule has 0 aliphatic carbocycles. The zero-order valence-electron chi connectivity index (χ0n) is 16.7. The molecule has 4 aromatic rings. The van der Waals surface area contributed by atoms with E-state index in [0.29, 0.717) is 5.92 Å². The molecule has 1 amide bonds. The van der Waals surface area contributed by atoms with Crippen LogP contribution in [0.25, 0.3) is 22.2 Å². The van der Waals surface area contributed by atoms with E-state index < -0.39 is 0 Å². The monoisotopic (exact) mass is 388 g/mol. The van der Waals surface area contributed by atoms with Crippen molar-refractivity contribution in [3.05, 3.63) is 53.7 Å². The van der Waals surface area contributed by atoms with Gasteiger partial charge in [-0.2, -0.15) is 0 Å². The van der Waals surface area contributed by atoms with Gasteiger partial charge in [0.2, 0.25) is 0 Å². The average molecular weight is 388 g/mol. The summed E-state index contributed by atoms with van der Waals surface area (Å²) in [4.78, 5) is 31.7. The number of hydrogen-bond donors (Lipinski definition) is 1. The fourth-order valence-electron chi connectivity index (χ4n) is 4.45. The van der Waals surface area contributed by atoms with Gasteiger partial charge in [0.25, 0.3) is 5.91 Å². The van der Waals surface area contributed by atoms with Gasteiger partial charge in [-0.1, -0.05) is 0 Å². The standard InChI is InChI=1S/C22H24N6O/c1-3-28-14(2)25-18-12-16(4-5-20(18)28)22(29)27-10-6-15(7-11-27)17-13-19-21(26-17)24-9-8-23-19/h4-5,8-9,12-13,15H,3,6-7,10-11H2,1-2H3,(H,24,26). The summed E-state index contributed by atoms with van der Waals surface area (Å²) in [7, 11) is 0. The molecule has 1 aliphatic rings. The number of piperidine rings is 1. The first-order valence-corrected chi connectivity index (χ1v) is 10.2. The smallest absolute Gasteiger partial charge is 0.253 e. The maximum Gasteiger partial charge on any atom is 0.253 e. The number of hydrogen-bond acceptors (Lipinski definition) is 4. The number of fused-ring (bicyclic) bond motifs is 2. The number of aryl methyl sites for hydroxylation is 2. The first-order valence-electron chi connectivity index (χ1n) is 10.2. The number of likely N-dealkylation sites (tertiary alicyclic amines) is 1. The van der Waals surface area contributed by atoms with Crippen LogP contribution in [-0.4, -0.2) is 48.4 Å². The summed E-state index contributed by atoms with van der Waals surface area (Å²) < 4.78 is 2.17. The molecule has 148 valence electrons. The summed E-state index contributed by atoms with van der Waals surface area (Å²) in [5.41, 5.74) is 5.59. The van der Waals surface area contributed by atoms with Crippen molar-refractivity contribution < 1.29 is 4.79 Å². The number of amides is 1. The molecule has 0 saturated carbocycles. The molecule has 1 fully saturated rings. The van der Waals surface area contributed by atoms with E-state index in [1.165, 1.54) is 5.69 Å². The topological polar surface area (TPSA) is 79.7 Å². The lowest BCUT2D eigenvalue weighted by Gasteiger charge is -2.31. The van der Waals surface area contributed by atoms with Crippen molar-refractivity contribution in [3.8, 4) is 0 Å². The van der Waals surface area contributed by atoms with Crippen molar-refractivity contribution in [2.45, 2.75) is 39.2 Å². The van der Waals surface area contributed by atoms with Gasteiger partial charge in [-0.25, -0.2) is 9.97 Å². The van der Waals surface area contributed by atoms with Crippen molar-refractivity contribution in [2.75, 3.05) is 13.1 Å². The van der Waals surface area contributed by atoms with E-state index in [1.807, 2.05) is 30.0 Å². The van der Waals surface area contributed by atoms with Gasteiger partial charge >= 0.3 is 0 Å². The zero-order valence-corrected chi connectivity index (χ0v) is 16.7. The van der Waals surface area contributed by atoms with Crippen LogP contribution in [0.4, 0.5) is 0 Å². The SMILES string of the molecule is CCn1c(C)nc2cc(C(=O)N3CCC(c4cc5nccnc5[nH]4)CC3)ccc21. The summed E-state index contributed by atoms with van der Waals surface area (Å²) in [5.74, 6) is 1.48. The number of aromatic nitrogens is 5. The second-order valence-electron chi connectivity index (χ2n) is 7.69. The molecular formula is C22H24N6O. The highest BCUT2D eigenvalue weighted by molar-refractivity contribution is 5.97. The van der Waals surface area contributed by atoms with Gasteiger partial charge in [0, 0.05) is 49.2 Å². The van der Waals surface area contributed by atoms with Crippen molar-refractivity contribution in [1.82, 2.24) is 29.4 Å². The summed E-state index contributed by atoms with van der Waals surface area (Å²) in [5, 5.41) is 0. The molecule has 1 N–H and O–H groups in total. The molecule has 3 aromatic heterocycles. The van der Waals surface area contributed by atoms with Gasteiger partial charge in [0.15, 0.2) is 5.65 Å². The number of nitrogens with zero attached hydrogens (tertiary/aromatic N) is 5. The molecule has 7 nitrogen and oxygen atoms in total. The average Bonchev–Trinajstić information content (AvgIpc) is 3.32. The maximum absolute atomic E-state index is 13.1. The third-order valence-electron chi connectivity index (χ3n) is 6.01. The minimum Gasteiger partial charge on any atom is -0.342 e. The second-order valence-corrected chi connectivity index (χ2v) is 7.69. The third kappa shape index (κ3) is 3.06. The molecule has 29 heavy (non-hydrogen) atoms. The van der Waals surface area contributed by atoms with E-state index in [-0.39, 0.29) is 5.91 Å². The largest absolute Gasteiger partial charge is 0.342 e. The molecule has 0 spiro atoms. The molecule has 7 heteroatoms. The van der Waals surface area contributed by atoms with Crippen LogP contribution in [0.15, 0.2) is 36.7 Å². The first-order chi connectivity index (χ1) is 14.1. The van der Waals surface area contributed by atoms with Crippen molar-refractivity contribution in [2.24, 2.45) is 0 Å². The fraction of sp³-hybridized carbons (Fsp3) is 0.364. The van der Waals surface area contributed by atoms with Crippen molar-refractivity contribution >= 4 is 28.1 Å². The quantitative estimate of drug-likeness (QED) is 0.581. The highest BCUT2D eigenvalue weighted by Gasteiger charge is 2.26. The molecule has 0 atom stereocenters. The van der Waals surface area contributed by atoms with Crippen molar-refractivity contribution in [3.63, 3.8) is 0 Å². The van der Waals surface area contributed by atoms with E-state index in [4.69, 9.17) is 0 Å². The summed E-state index contributed by atoms with van der Waals surface area (Å²) in [6.07, 6.45) is 5.28. The number of rotatable bonds is 3. The van der Waals surface area contributed by atoms with Crippen LogP contribution in [0.5, 0.6) is 0 Å². The molecule has 0 bridgehead atoms. The van der Waals surface area contributed by atoms with Gasteiger partial charge in [-0.15, -0.1) is 0 Å². The summed E-state index contributed by atoms with van der Waals surface area (Å²) in [6.45, 7) is 6.49. The van der Waals surface area contributed by atoms with Crippen LogP contribution < -0.4 is 0 Å². The number of carbonyl (C=O) groups is 1. The Morgan fingerprint density at radius 1 is 1.14 bits per heavy atom. The molecule has 1 aromatic carbocycles. The predicted octanol–water partition coefficient (Wildman–Crippen LogP) is 3.66. The van der Waals surface area contributed by atoms with Crippen LogP contribution in [0.1, 0.15) is 47.6 Å². The highest BCUT2D eigenvalue weighted by atomic mass is 16.2. The summed E-state index contributed by atoms with van der Waals surface area (Å²) >= 11 is 0. The number of carbonyl (C=O) groups excluding carboxylic acids is 1. The highest BCUT2D eigenvalue weighted by Crippen LogP contribution is 2.30.